The van der Waals surface area contributed by atoms with Gasteiger partial charge in [-0.15, -0.1) is 0 Å². The van der Waals surface area contributed by atoms with Crippen LogP contribution < -0.4 is 0 Å². The maximum atomic E-state index is 5.13. The van der Waals surface area contributed by atoms with E-state index in [2.05, 4.69) is 171 Å². The molecule has 0 unspecified atom stereocenters. The van der Waals surface area contributed by atoms with Gasteiger partial charge in [-0.3, -0.25) is 4.57 Å². The Morgan fingerprint density at radius 1 is 0.354 bits per heavy atom. The lowest BCUT2D eigenvalue weighted by atomic mass is 10.1. The van der Waals surface area contributed by atoms with Crippen molar-refractivity contribution in [3.8, 4) is 16.5 Å². The van der Waals surface area contributed by atoms with E-state index in [9.17, 15) is 0 Å². The third-order valence-electron chi connectivity index (χ3n) is 9.88. The van der Waals surface area contributed by atoms with Crippen LogP contribution in [-0.2, 0) is 0 Å². The molecule has 0 aliphatic heterocycles. The smallest absolute Gasteiger partial charge is 0.195 e. The fraction of sp³-hybridized carbons (Fsp3) is 0. The van der Waals surface area contributed by atoms with Crippen LogP contribution in [0.25, 0.3) is 92.1 Å². The molecule has 0 aliphatic carbocycles. The van der Waals surface area contributed by atoms with E-state index in [-0.39, 0.29) is 0 Å². The van der Waals surface area contributed by atoms with Gasteiger partial charge in [-0.1, -0.05) is 96.3 Å². The van der Waals surface area contributed by atoms with Gasteiger partial charge in [0.15, 0.2) is 5.13 Å². The lowest BCUT2D eigenvalue weighted by Gasteiger charge is -2.09. The van der Waals surface area contributed by atoms with E-state index in [4.69, 9.17) is 4.98 Å². The number of rotatable bonds is 3. The van der Waals surface area contributed by atoms with Crippen LogP contribution in [0.3, 0.4) is 0 Å². The second-order valence-electron chi connectivity index (χ2n) is 12.4. The molecule has 0 bridgehead atoms. The van der Waals surface area contributed by atoms with E-state index in [1.807, 2.05) is 0 Å². The van der Waals surface area contributed by atoms with E-state index in [1.54, 1.807) is 11.3 Å². The third kappa shape index (κ3) is 3.51. The van der Waals surface area contributed by atoms with Crippen molar-refractivity contribution in [2.75, 3.05) is 0 Å². The van der Waals surface area contributed by atoms with E-state index in [1.165, 1.54) is 59.1 Å². The summed E-state index contributed by atoms with van der Waals surface area (Å²) in [5.41, 5.74) is 10.4. The van der Waals surface area contributed by atoms with Crippen molar-refractivity contribution in [1.82, 2.24) is 18.7 Å². The van der Waals surface area contributed by atoms with Crippen molar-refractivity contribution >= 4 is 87.0 Å². The van der Waals surface area contributed by atoms with Gasteiger partial charge < -0.3 is 9.13 Å². The number of hydrogen-bond donors (Lipinski definition) is 0. The Labute approximate surface area is 278 Å². The molecule has 48 heavy (non-hydrogen) atoms. The summed E-state index contributed by atoms with van der Waals surface area (Å²) in [6, 6.07) is 57.1. The van der Waals surface area contributed by atoms with Gasteiger partial charge in [0, 0.05) is 43.7 Å². The van der Waals surface area contributed by atoms with Crippen LogP contribution in [0, 0.1) is 0 Å². The monoisotopic (exact) mass is 630 g/mol. The highest BCUT2D eigenvalue weighted by molar-refractivity contribution is 7.20. The minimum atomic E-state index is 0.977. The molecule has 0 saturated carbocycles. The molecule has 0 radical (unpaired) electrons. The van der Waals surface area contributed by atoms with Crippen molar-refractivity contribution in [3.05, 3.63) is 158 Å². The molecule has 11 aromatic rings. The van der Waals surface area contributed by atoms with Gasteiger partial charge in [-0.25, -0.2) is 4.98 Å². The average molecular weight is 631 g/mol. The van der Waals surface area contributed by atoms with E-state index >= 15 is 0 Å². The Morgan fingerprint density at radius 2 is 0.750 bits per heavy atom. The van der Waals surface area contributed by atoms with Crippen LogP contribution in [0.2, 0.25) is 0 Å². The van der Waals surface area contributed by atoms with Gasteiger partial charge in [0.2, 0.25) is 0 Å². The van der Waals surface area contributed by atoms with Crippen molar-refractivity contribution in [1.29, 1.82) is 0 Å². The highest BCUT2D eigenvalue weighted by Crippen LogP contribution is 2.40. The Morgan fingerprint density at radius 3 is 1.21 bits per heavy atom. The predicted octanol–water partition coefficient (Wildman–Crippen LogP) is 11.6. The molecular formula is C43H26N4S. The van der Waals surface area contributed by atoms with Crippen LogP contribution in [0.5, 0.6) is 0 Å². The van der Waals surface area contributed by atoms with Gasteiger partial charge >= 0.3 is 0 Å². The lowest BCUT2D eigenvalue weighted by Crippen LogP contribution is -1.95. The molecule has 224 valence electrons. The van der Waals surface area contributed by atoms with Crippen molar-refractivity contribution in [3.63, 3.8) is 0 Å². The number of thiazole rings is 1. The quantitative estimate of drug-likeness (QED) is 0.191. The first-order chi connectivity index (χ1) is 23.8. The van der Waals surface area contributed by atoms with E-state index in [0.717, 1.165) is 33.1 Å². The van der Waals surface area contributed by atoms with Crippen LogP contribution in [0.15, 0.2) is 158 Å². The number of fused-ring (bicyclic) bond motifs is 10. The molecular weight excluding hydrogens is 605 g/mol. The highest BCUT2D eigenvalue weighted by atomic mass is 32.1. The molecule has 0 fully saturated rings. The standard InChI is InChI=1S/C43H26N4S/c1-6-16-36-29(11-1)30-12-2-7-17-37(30)45(36)27-21-23-40-33(25-27)34-26-28(46-38-18-8-3-13-31(38)32-14-4-9-19-39(32)46)22-24-41(34)47(40)43-44-35-15-5-10-20-42(35)48-43/h1-26H. The Hall–Kier alpha value is -6.17. The van der Waals surface area contributed by atoms with Gasteiger partial charge in [-0.2, -0.15) is 0 Å². The molecule has 4 heterocycles. The van der Waals surface area contributed by atoms with Crippen LogP contribution in [0.4, 0.5) is 0 Å². The van der Waals surface area contributed by atoms with Gasteiger partial charge in [0.25, 0.3) is 0 Å². The van der Waals surface area contributed by atoms with Crippen molar-refractivity contribution in [2.45, 2.75) is 0 Å². The SMILES string of the molecule is c1ccc2sc(-n3c4ccc(-n5c6ccccc6c6ccccc65)cc4c4cc(-n5c6ccccc6c6ccccc65)ccc43)nc2c1. The number of aromatic nitrogens is 4. The number of benzene rings is 7. The summed E-state index contributed by atoms with van der Waals surface area (Å²) in [5.74, 6) is 0. The lowest BCUT2D eigenvalue weighted by molar-refractivity contribution is 1.14. The maximum Gasteiger partial charge on any atom is 0.195 e. The molecule has 11 rings (SSSR count). The van der Waals surface area contributed by atoms with Gasteiger partial charge in [0.05, 0.1) is 43.3 Å². The topological polar surface area (TPSA) is 27.7 Å². The molecule has 0 spiro atoms. The zero-order chi connectivity index (χ0) is 31.3. The molecule has 4 nitrogen and oxygen atoms in total. The number of hydrogen-bond acceptors (Lipinski definition) is 2. The van der Waals surface area contributed by atoms with Gasteiger partial charge in [0.1, 0.15) is 0 Å². The molecule has 0 N–H and O–H groups in total. The first kappa shape index (κ1) is 26.0. The summed E-state index contributed by atoms with van der Waals surface area (Å²) in [6.45, 7) is 0. The zero-order valence-corrected chi connectivity index (χ0v) is 26.5. The van der Waals surface area contributed by atoms with Crippen LogP contribution >= 0.6 is 11.3 Å². The Balaban J connectivity index is 1.24. The summed E-state index contributed by atoms with van der Waals surface area (Å²) in [6.07, 6.45) is 0. The Bertz CT molecular complexity index is 2770. The first-order valence-electron chi connectivity index (χ1n) is 16.2. The number of nitrogens with zero attached hydrogens (tertiary/aromatic N) is 4. The summed E-state index contributed by atoms with van der Waals surface area (Å²) in [7, 11) is 0. The fourth-order valence-corrected chi connectivity index (χ4v) is 8.83. The second kappa shape index (κ2) is 9.67. The fourth-order valence-electron chi connectivity index (χ4n) is 7.84. The zero-order valence-electron chi connectivity index (χ0n) is 25.7. The summed E-state index contributed by atoms with van der Waals surface area (Å²) < 4.78 is 8.34. The average Bonchev–Trinajstić information content (AvgIpc) is 3.89. The van der Waals surface area contributed by atoms with Crippen molar-refractivity contribution in [2.24, 2.45) is 0 Å². The summed E-state index contributed by atoms with van der Waals surface area (Å²) >= 11 is 1.74. The van der Waals surface area contributed by atoms with Gasteiger partial charge in [-0.05, 0) is 72.8 Å². The predicted molar refractivity (Wildman–Crippen MR) is 203 cm³/mol. The maximum absolute atomic E-state index is 5.13. The van der Waals surface area contributed by atoms with Crippen molar-refractivity contribution < 1.29 is 0 Å². The summed E-state index contributed by atoms with van der Waals surface area (Å²) in [5, 5.41) is 8.43. The first-order valence-corrected chi connectivity index (χ1v) is 17.0. The van der Waals surface area contributed by atoms with E-state index in [0.29, 0.717) is 0 Å². The minimum absolute atomic E-state index is 0.977. The Kier molecular flexibility index (Phi) is 5.23. The normalized spacial score (nSPS) is 12.2. The molecule has 7 aromatic carbocycles. The van der Waals surface area contributed by atoms with E-state index < -0.39 is 0 Å². The molecule has 4 aromatic heterocycles. The highest BCUT2D eigenvalue weighted by Gasteiger charge is 2.20. The molecule has 0 aliphatic rings. The minimum Gasteiger partial charge on any atom is -0.309 e. The largest absolute Gasteiger partial charge is 0.309 e. The molecule has 0 amide bonds. The van der Waals surface area contributed by atoms with Crippen LogP contribution in [0.1, 0.15) is 0 Å². The third-order valence-corrected chi connectivity index (χ3v) is 10.9. The number of para-hydroxylation sites is 5. The molecule has 0 atom stereocenters. The molecule has 5 heteroatoms. The van der Waals surface area contributed by atoms with Crippen LogP contribution in [-0.4, -0.2) is 18.7 Å². The molecule has 0 saturated heterocycles. The summed E-state index contributed by atoms with van der Waals surface area (Å²) in [4.78, 5) is 5.13. The second-order valence-corrected chi connectivity index (χ2v) is 13.5.